The minimum Gasteiger partial charge on any atom is -0.507 e. The first-order valence-corrected chi connectivity index (χ1v) is 9.92. The van der Waals surface area contributed by atoms with Crippen LogP contribution in [-0.4, -0.2) is 32.0 Å². The molecule has 10 heteroatoms. The molecule has 0 bridgehead atoms. The highest BCUT2D eigenvalue weighted by atomic mass is 35.5. The lowest BCUT2D eigenvalue weighted by Gasteiger charge is -2.22. The summed E-state index contributed by atoms with van der Waals surface area (Å²) in [6.07, 6.45) is 2.96. The van der Waals surface area contributed by atoms with Crippen LogP contribution in [0.3, 0.4) is 0 Å². The number of rotatable bonds is 3. The van der Waals surface area contributed by atoms with Gasteiger partial charge in [0.2, 0.25) is 5.13 Å². The van der Waals surface area contributed by atoms with Gasteiger partial charge in [-0.15, -0.1) is 10.2 Å². The molecular formula is C19H12Cl2N4O3S. The van der Waals surface area contributed by atoms with Crippen LogP contribution in [0.15, 0.2) is 48.3 Å². The van der Waals surface area contributed by atoms with Crippen LogP contribution in [0.2, 0.25) is 10.0 Å². The lowest BCUT2D eigenvalue weighted by atomic mass is 9.96. The molecule has 29 heavy (non-hydrogen) atoms. The number of pyridine rings is 1. The Morgan fingerprint density at radius 2 is 1.83 bits per heavy atom. The maximum absolute atomic E-state index is 12.9. The molecule has 1 aromatic carbocycles. The summed E-state index contributed by atoms with van der Waals surface area (Å²) in [6, 6.07) is 6.92. The predicted molar refractivity (Wildman–Crippen MR) is 110 cm³/mol. The second-order valence-electron chi connectivity index (χ2n) is 6.18. The van der Waals surface area contributed by atoms with E-state index in [2.05, 4.69) is 15.2 Å². The molecule has 3 heterocycles. The summed E-state index contributed by atoms with van der Waals surface area (Å²) in [7, 11) is 0. The number of ketones is 1. The van der Waals surface area contributed by atoms with Crippen molar-refractivity contribution < 1.29 is 14.7 Å². The molecule has 1 aliphatic rings. The number of Topliss-reactive ketones (excluding diaryl/α,β-unsaturated/α-hetero) is 1. The number of nitrogens with zero attached hydrogens (tertiary/aromatic N) is 4. The van der Waals surface area contributed by atoms with E-state index in [4.69, 9.17) is 23.2 Å². The van der Waals surface area contributed by atoms with E-state index in [-0.39, 0.29) is 21.5 Å². The smallest absolute Gasteiger partial charge is 0.301 e. The number of carbonyl (C=O) groups is 2. The predicted octanol–water partition coefficient (Wildman–Crippen LogP) is 4.17. The van der Waals surface area contributed by atoms with E-state index < -0.39 is 17.7 Å². The van der Waals surface area contributed by atoms with Crippen molar-refractivity contribution in [3.63, 3.8) is 0 Å². The van der Waals surface area contributed by atoms with Crippen LogP contribution >= 0.6 is 34.5 Å². The Kier molecular flexibility index (Phi) is 5.08. The molecule has 7 nitrogen and oxygen atoms in total. The molecule has 146 valence electrons. The van der Waals surface area contributed by atoms with Crippen molar-refractivity contribution in [1.29, 1.82) is 0 Å². The number of benzene rings is 1. The number of aromatic nitrogens is 3. The molecule has 4 rings (SSSR count). The molecule has 0 aliphatic carbocycles. The first-order chi connectivity index (χ1) is 13.9. The maximum Gasteiger partial charge on any atom is 0.301 e. The highest BCUT2D eigenvalue weighted by Gasteiger charge is 2.48. The number of aliphatic hydroxyl groups is 1. The van der Waals surface area contributed by atoms with Crippen molar-refractivity contribution in [3.05, 3.63) is 74.5 Å². The first-order valence-electron chi connectivity index (χ1n) is 8.35. The Balaban J connectivity index is 1.97. The first kappa shape index (κ1) is 19.5. The summed E-state index contributed by atoms with van der Waals surface area (Å²) in [4.78, 5) is 30.9. The molecule has 0 saturated carbocycles. The van der Waals surface area contributed by atoms with Gasteiger partial charge in [-0.05, 0) is 36.8 Å². The lowest BCUT2D eigenvalue weighted by molar-refractivity contribution is -0.132. The molecule has 1 saturated heterocycles. The molecule has 1 N–H and O–H groups in total. The summed E-state index contributed by atoms with van der Waals surface area (Å²) in [5.74, 6) is -1.96. The van der Waals surface area contributed by atoms with Crippen molar-refractivity contribution in [2.45, 2.75) is 13.0 Å². The van der Waals surface area contributed by atoms with Gasteiger partial charge in [-0.1, -0.05) is 40.6 Å². The summed E-state index contributed by atoms with van der Waals surface area (Å²) in [6.45, 7) is 1.74. The molecule has 1 unspecified atom stereocenters. The average molecular weight is 447 g/mol. The molecule has 1 fully saturated rings. The fraction of sp³-hybridized carbons (Fsp3) is 0.105. The van der Waals surface area contributed by atoms with Crippen LogP contribution in [0.5, 0.6) is 0 Å². The van der Waals surface area contributed by atoms with E-state index in [1.54, 1.807) is 37.3 Å². The molecule has 1 atom stereocenters. The van der Waals surface area contributed by atoms with Gasteiger partial charge in [-0.3, -0.25) is 19.5 Å². The third-order valence-electron chi connectivity index (χ3n) is 4.38. The monoisotopic (exact) mass is 446 g/mol. The number of anilines is 1. The zero-order chi connectivity index (χ0) is 20.7. The molecule has 1 aliphatic heterocycles. The van der Waals surface area contributed by atoms with E-state index in [1.807, 2.05) is 0 Å². The largest absolute Gasteiger partial charge is 0.507 e. The molecule has 1 amide bonds. The topological polar surface area (TPSA) is 96.3 Å². The fourth-order valence-corrected chi connectivity index (χ4v) is 4.10. The summed E-state index contributed by atoms with van der Waals surface area (Å²) in [5, 5.41) is 20.3. The number of hydrogen-bond acceptors (Lipinski definition) is 7. The number of aryl methyl sites for hydroxylation is 1. The molecule has 0 radical (unpaired) electrons. The van der Waals surface area contributed by atoms with Crippen molar-refractivity contribution in [3.8, 4) is 0 Å². The van der Waals surface area contributed by atoms with Crippen LogP contribution in [-0.2, 0) is 9.59 Å². The zero-order valence-corrected chi connectivity index (χ0v) is 17.2. The summed E-state index contributed by atoms with van der Waals surface area (Å²) < 4.78 is 0. The summed E-state index contributed by atoms with van der Waals surface area (Å²) in [5.41, 5.74) is 0.783. The Labute approximate surface area is 179 Å². The Morgan fingerprint density at radius 1 is 1.10 bits per heavy atom. The number of amides is 1. The average Bonchev–Trinajstić information content (AvgIpc) is 3.25. The summed E-state index contributed by atoms with van der Waals surface area (Å²) >= 11 is 13.4. The molecule has 0 spiro atoms. The van der Waals surface area contributed by atoms with Gasteiger partial charge in [0.15, 0.2) is 0 Å². The number of halogens is 2. The lowest BCUT2D eigenvalue weighted by Crippen LogP contribution is -2.29. The minimum absolute atomic E-state index is 0.0764. The van der Waals surface area contributed by atoms with Gasteiger partial charge in [-0.2, -0.15) is 0 Å². The second kappa shape index (κ2) is 7.55. The van der Waals surface area contributed by atoms with E-state index in [1.165, 1.54) is 17.3 Å². The van der Waals surface area contributed by atoms with Crippen LogP contribution in [0.4, 0.5) is 5.13 Å². The second-order valence-corrected chi connectivity index (χ2v) is 8.16. The molecule has 3 aromatic rings. The van der Waals surface area contributed by atoms with Crippen molar-refractivity contribution in [2.24, 2.45) is 0 Å². The minimum atomic E-state index is -0.940. The van der Waals surface area contributed by atoms with Crippen LogP contribution in [0.1, 0.15) is 22.2 Å². The number of carbonyl (C=O) groups excluding carboxylic acids is 2. The van der Waals surface area contributed by atoms with E-state index >= 15 is 0 Å². The van der Waals surface area contributed by atoms with Gasteiger partial charge in [0.05, 0.1) is 21.7 Å². The SMILES string of the molecule is Cc1nnc(N2C(=O)C(=O)/C(=C(/O)c3ccncc3)C2c2ccc(Cl)c(Cl)c2)s1. The van der Waals surface area contributed by atoms with Gasteiger partial charge >= 0.3 is 5.91 Å². The van der Waals surface area contributed by atoms with Gasteiger partial charge in [-0.25, -0.2) is 0 Å². The Hall–Kier alpha value is -2.81. The van der Waals surface area contributed by atoms with Crippen molar-refractivity contribution in [1.82, 2.24) is 15.2 Å². The highest BCUT2D eigenvalue weighted by Crippen LogP contribution is 2.43. The maximum atomic E-state index is 12.9. The quantitative estimate of drug-likeness (QED) is 0.368. The van der Waals surface area contributed by atoms with E-state index in [0.29, 0.717) is 21.2 Å². The third kappa shape index (κ3) is 3.39. The van der Waals surface area contributed by atoms with Gasteiger partial charge in [0.1, 0.15) is 10.8 Å². The van der Waals surface area contributed by atoms with E-state index in [0.717, 1.165) is 11.3 Å². The Bertz CT molecular complexity index is 1160. The fourth-order valence-electron chi connectivity index (χ4n) is 3.08. The number of hydrogen-bond donors (Lipinski definition) is 1. The highest BCUT2D eigenvalue weighted by molar-refractivity contribution is 7.15. The zero-order valence-electron chi connectivity index (χ0n) is 14.8. The van der Waals surface area contributed by atoms with Crippen LogP contribution in [0, 0.1) is 6.92 Å². The standard InChI is InChI=1S/C19H12Cl2N4O3S/c1-9-23-24-19(29-9)25-15(11-2-3-12(20)13(21)8-11)14(17(27)18(25)28)16(26)10-4-6-22-7-5-10/h2-8,15,26H,1H3/b16-14+. The van der Waals surface area contributed by atoms with Crippen LogP contribution in [0.25, 0.3) is 5.76 Å². The van der Waals surface area contributed by atoms with Gasteiger partial charge in [0, 0.05) is 18.0 Å². The van der Waals surface area contributed by atoms with Gasteiger partial charge in [0.25, 0.3) is 5.78 Å². The van der Waals surface area contributed by atoms with Crippen molar-refractivity contribution >= 4 is 57.1 Å². The van der Waals surface area contributed by atoms with Gasteiger partial charge < -0.3 is 5.11 Å². The third-order valence-corrected chi connectivity index (χ3v) is 5.96. The molecule has 2 aromatic heterocycles. The van der Waals surface area contributed by atoms with E-state index in [9.17, 15) is 14.7 Å². The normalized spacial score (nSPS) is 18.4. The van der Waals surface area contributed by atoms with Crippen LogP contribution < -0.4 is 4.90 Å². The Morgan fingerprint density at radius 3 is 2.45 bits per heavy atom. The number of aliphatic hydroxyl groups excluding tert-OH is 1. The van der Waals surface area contributed by atoms with Crippen molar-refractivity contribution in [2.75, 3.05) is 4.90 Å². The molecular weight excluding hydrogens is 435 g/mol.